The topological polar surface area (TPSA) is 66.8 Å². The molecule has 5 heteroatoms. The minimum absolute atomic E-state index is 0.0686. The second-order valence-electron chi connectivity index (χ2n) is 5.48. The van der Waals surface area contributed by atoms with Gasteiger partial charge in [-0.3, -0.25) is 9.59 Å². The van der Waals surface area contributed by atoms with Crippen LogP contribution in [0, 0.1) is 12.8 Å². The summed E-state index contributed by atoms with van der Waals surface area (Å²) in [6.45, 7) is 7.38. The molecule has 0 aliphatic carbocycles. The second kappa shape index (κ2) is 7.67. The summed E-state index contributed by atoms with van der Waals surface area (Å²) in [7, 11) is 0. The zero-order valence-electron chi connectivity index (χ0n) is 13.0. The van der Waals surface area contributed by atoms with Crippen molar-refractivity contribution in [1.29, 1.82) is 0 Å². The van der Waals surface area contributed by atoms with E-state index < -0.39 is 11.9 Å². The molecule has 0 radical (unpaired) electrons. The number of carbonyl (C=O) groups is 2. The second-order valence-corrected chi connectivity index (χ2v) is 5.48. The molecule has 0 aromatic heterocycles. The molecular formula is C16H23NO4. The van der Waals surface area contributed by atoms with Crippen molar-refractivity contribution in [3.8, 4) is 5.75 Å². The molecule has 1 atom stereocenters. The number of ether oxygens (including phenoxy) is 1. The summed E-state index contributed by atoms with van der Waals surface area (Å²) < 4.78 is 5.46. The molecule has 1 rings (SSSR count). The first-order valence-electron chi connectivity index (χ1n) is 7.03. The lowest BCUT2D eigenvalue weighted by atomic mass is 10.1. The van der Waals surface area contributed by atoms with Crippen LogP contribution in [0.5, 0.6) is 5.75 Å². The van der Waals surface area contributed by atoms with E-state index in [1.165, 1.54) is 4.90 Å². The van der Waals surface area contributed by atoms with Crippen LogP contribution >= 0.6 is 0 Å². The van der Waals surface area contributed by atoms with Gasteiger partial charge in [-0.1, -0.05) is 24.6 Å². The van der Waals surface area contributed by atoms with Gasteiger partial charge in [0, 0.05) is 12.6 Å². The van der Waals surface area contributed by atoms with Crippen LogP contribution in [0.15, 0.2) is 24.3 Å². The van der Waals surface area contributed by atoms with E-state index in [4.69, 9.17) is 9.84 Å². The van der Waals surface area contributed by atoms with Gasteiger partial charge >= 0.3 is 5.97 Å². The van der Waals surface area contributed by atoms with E-state index in [-0.39, 0.29) is 25.1 Å². The highest BCUT2D eigenvalue weighted by Crippen LogP contribution is 2.12. The van der Waals surface area contributed by atoms with E-state index in [1.54, 1.807) is 6.92 Å². The first-order chi connectivity index (χ1) is 9.81. The van der Waals surface area contributed by atoms with Gasteiger partial charge in [0.05, 0.1) is 5.92 Å². The number of amides is 1. The molecule has 0 aliphatic heterocycles. The van der Waals surface area contributed by atoms with E-state index in [0.717, 1.165) is 5.56 Å². The molecule has 1 N–H and O–H groups in total. The Labute approximate surface area is 125 Å². The van der Waals surface area contributed by atoms with Crippen molar-refractivity contribution in [3.63, 3.8) is 0 Å². The Bertz CT molecular complexity index is 482. The summed E-state index contributed by atoms with van der Waals surface area (Å²) in [5.41, 5.74) is 1.12. The molecule has 0 aliphatic rings. The van der Waals surface area contributed by atoms with Crippen LogP contribution in [-0.2, 0) is 9.59 Å². The molecule has 1 amide bonds. The van der Waals surface area contributed by atoms with Gasteiger partial charge in [0.1, 0.15) is 5.75 Å². The maximum atomic E-state index is 12.2. The van der Waals surface area contributed by atoms with Crippen LogP contribution in [0.1, 0.15) is 26.3 Å². The first-order valence-corrected chi connectivity index (χ1v) is 7.03. The fourth-order valence-corrected chi connectivity index (χ4v) is 1.84. The van der Waals surface area contributed by atoms with Gasteiger partial charge in [0.25, 0.3) is 5.91 Å². The predicted octanol–water partition coefficient (Wildman–Crippen LogP) is 2.33. The van der Waals surface area contributed by atoms with Crippen molar-refractivity contribution in [2.45, 2.75) is 33.7 Å². The number of aryl methyl sites for hydroxylation is 1. The molecule has 1 aromatic carbocycles. The number of hydrogen-bond acceptors (Lipinski definition) is 3. The summed E-state index contributed by atoms with van der Waals surface area (Å²) in [4.78, 5) is 24.6. The maximum Gasteiger partial charge on any atom is 0.308 e. The van der Waals surface area contributed by atoms with Crippen LogP contribution < -0.4 is 4.74 Å². The summed E-state index contributed by atoms with van der Waals surface area (Å²) in [5.74, 6) is -1.09. The van der Waals surface area contributed by atoms with E-state index in [1.807, 2.05) is 45.0 Å². The number of nitrogens with zero attached hydrogens (tertiary/aromatic N) is 1. The van der Waals surface area contributed by atoms with Crippen LogP contribution in [0.25, 0.3) is 0 Å². The number of carboxylic acid groups (broad SMARTS) is 1. The third-order valence-corrected chi connectivity index (χ3v) is 3.22. The van der Waals surface area contributed by atoms with Crippen LogP contribution in [0.2, 0.25) is 0 Å². The molecule has 116 valence electrons. The fourth-order valence-electron chi connectivity index (χ4n) is 1.84. The van der Waals surface area contributed by atoms with Gasteiger partial charge in [-0.2, -0.15) is 0 Å². The number of carbonyl (C=O) groups excluding carboxylic acids is 1. The van der Waals surface area contributed by atoms with Gasteiger partial charge in [0.2, 0.25) is 0 Å². The predicted molar refractivity (Wildman–Crippen MR) is 80.3 cm³/mol. The minimum atomic E-state index is -0.909. The summed E-state index contributed by atoms with van der Waals surface area (Å²) >= 11 is 0. The molecular weight excluding hydrogens is 270 g/mol. The van der Waals surface area contributed by atoms with Crippen molar-refractivity contribution in [1.82, 2.24) is 4.90 Å². The Hall–Kier alpha value is -2.04. The molecule has 0 saturated carbocycles. The Kier molecular flexibility index (Phi) is 6.21. The maximum absolute atomic E-state index is 12.2. The molecule has 21 heavy (non-hydrogen) atoms. The lowest BCUT2D eigenvalue weighted by Crippen LogP contribution is -2.43. The molecule has 5 nitrogen and oxygen atoms in total. The van der Waals surface area contributed by atoms with E-state index in [0.29, 0.717) is 5.75 Å². The third kappa shape index (κ3) is 5.45. The van der Waals surface area contributed by atoms with Gasteiger partial charge < -0.3 is 14.7 Å². The Balaban J connectivity index is 2.60. The van der Waals surface area contributed by atoms with Gasteiger partial charge in [0.15, 0.2) is 6.61 Å². The van der Waals surface area contributed by atoms with Crippen molar-refractivity contribution in [2.24, 2.45) is 5.92 Å². The van der Waals surface area contributed by atoms with E-state index in [9.17, 15) is 9.59 Å². The standard InChI is InChI=1S/C16H23NO4/c1-11(2)17(9-13(4)16(19)20)15(18)10-21-14-7-5-12(3)6-8-14/h5-8,11,13H,9-10H2,1-4H3,(H,19,20). The molecule has 1 unspecified atom stereocenters. The van der Waals surface area contributed by atoms with Crippen LogP contribution in [0.3, 0.4) is 0 Å². The molecule has 0 spiro atoms. The lowest BCUT2D eigenvalue weighted by Gasteiger charge is -2.28. The summed E-state index contributed by atoms with van der Waals surface area (Å²) in [6.07, 6.45) is 0. The molecule has 0 heterocycles. The Morgan fingerprint density at radius 1 is 1.19 bits per heavy atom. The number of carboxylic acids is 1. The third-order valence-electron chi connectivity index (χ3n) is 3.22. The smallest absolute Gasteiger partial charge is 0.308 e. The van der Waals surface area contributed by atoms with Gasteiger partial charge in [-0.05, 0) is 32.9 Å². The minimum Gasteiger partial charge on any atom is -0.484 e. The van der Waals surface area contributed by atoms with Crippen LogP contribution in [-0.4, -0.2) is 41.1 Å². The van der Waals surface area contributed by atoms with Crippen molar-refractivity contribution in [3.05, 3.63) is 29.8 Å². The molecule has 0 bridgehead atoms. The highest BCUT2D eigenvalue weighted by atomic mass is 16.5. The summed E-state index contributed by atoms with van der Waals surface area (Å²) in [5, 5.41) is 8.96. The van der Waals surface area contributed by atoms with Crippen molar-refractivity contribution in [2.75, 3.05) is 13.2 Å². The Morgan fingerprint density at radius 3 is 2.24 bits per heavy atom. The number of hydrogen-bond donors (Lipinski definition) is 1. The SMILES string of the molecule is Cc1ccc(OCC(=O)N(CC(C)C(=O)O)C(C)C)cc1. The quantitative estimate of drug-likeness (QED) is 0.838. The number of aliphatic carboxylic acids is 1. The molecule has 1 aromatic rings. The fraction of sp³-hybridized carbons (Fsp3) is 0.500. The largest absolute Gasteiger partial charge is 0.484 e. The monoisotopic (exact) mass is 293 g/mol. The van der Waals surface area contributed by atoms with E-state index >= 15 is 0 Å². The Morgan fingerprint density at radius 2 is 1.76 bits per heavy atom. The average molecular weight is 293 g/mol. The van der Waals surface area contributed by atoms with Gasteiger partial charge in [-0.25, -0.2) is 0 Å². The van der Waals surface area contributed by atoms with Crippen molar-refractivity contribution >= 4 is 11.9 Å². The van der Waals surface area contributed by atoms with Crippen molar-refractivity contribution < 1.29 is 19.4 Å². The lowest BCUT2D eigenvalue weighted by molar-refractivity contribution is -0.144. The normalized spacial score (nSPS) is 12.0. The zero-order chi connectivity index (χ0) is 16.0. The average Bonchev–Trinajstić information content (AvgIpc) is 2.43. The van der Waals surface area contributed by atoms with Gasteiger partial charge in [-0.15, -0.1) is 0 Å². The summed E-state index contributed by atoms with van der Waals surface area (Å²) in [6, 6.07) is 7.37. The molecule has 0 fully saturated rings. The number of benzene rings is 1. The first kappa shape index (κ1) is 17.0. The highest BCUT2D eigenvalue weighted by molar-refractivity contribution is 5.79. The zero-order valence-corrected chi connectivity index (χ0v) is 13.0. The molecule has 0 saturated heterocycles. The number of rotatable bonds is 7. The van der Waals surface area contributed by atoms with E-state index in [2.05, 4.69) is 0 Å². The van der Waals surface area contributed by atoms with Crippen LogP contribution in [0.4, 0.5) is 0 Å². The highest BCUT2D eigenvalue weighted by Gasteiger charge is 2.23.